The monoisotopic (exact) mass is 447 g/mol. The number of nitrogens with one attached hydrogen (secondary N) is 1. The van der Waals surface area contributed by atoms with Gasteiger partial charge in [-0.1, -0.05) is 23.9 Å². The van der Waals surface area contributed by atoms with Crippen molar-refractivity contribution < 1.29 is 14.3 Å². The van der Waals surface area contributed by atoms with Crippen LogP contribution in [0.25, 0.3) is 11.4 Å². The SMILES string of the molecule is COc1cccc(-c2nnc(SCC(=O)Nc3ccc(C(C)=O)cc3)n2-n2cccc2)c1. The van der Waals surface area contributed by atoms with Gasteiger partial charge in [0.1, 0.15) is 5.75 Å². The number of Topliss-reactive ketones (excluding diaryl/α,β-unsaturated/α-hetero) is 1. The molecule has 0 saturated carbocycles. The molecule has 4 rings (SSSR count). The zero-order valence-electron chi connectivity index (χ0n) is 17.6. The number of aromatic nitrogens is 4. The van der Waals surface area contributed by atoms with Crippen LogP contribution in [0.3, 0.4) is 0 Å². The molecule has 4 aromatic rings. The second-order valence-corrected chi connectivity index (χ2v) is 7.83. The van der Waals surface area contributed by atoms with E-state index >= 15 is 0 Å². The molecule has 0 fully saturated rings. The number of thioether (sulfide) groups is 1. The zero-order chi connectivity index (χ0) is 22.5. The number of nitrogens with zero attached hydrogens (tertiary/aromatic N) is 4. The van der Waals surface area contributed by atoms with E-state index < -0.39 is 0 Å². The van der Waals surface area contributed by atoms with Crippen molar-refractivity contribution in [3.63, 3.8) is 0 Å². The normalized spacial score (nSPS) is 10.7. The Labute approximate surface area is 189 Å². The molecule has 8 nitrogen and oxygen atoms in total. The average Bonchev–Trinajstić information content (AvgIpc) is 3.47. The number of hydrogen-bond acceptors (Lipinski definition) is 6. The summed E-state index contributed by atoms with van der Waals surface area (Å²) in [5, 5.41) is 12.1. The number of ketones is 1. The summed E-state index contributed by atoms with van der Waals surface area (Å²) < 4.78 is 9.03. The molecular weight excluding hydrogens is 426 g/mol. The highest BCUT2D eigenvalue weighted by molar-refractivity contribution is 7.99. The van der Waals surface area contributed by atoms with E-state index in [1.165, 1.54) is 18.7 Å². The number of anilines is 1. The molecule has 2 heterocycles. The molecule has 0 spiro atoms. The average molecular weight is 448 g/mol. The zero-order valence-corrected chi connectivity index (χ0v) is 18.4. The Bertz CT molecular complexity index is 1230. The molecular formula is C23H21N5O3S. The summed E-state index contributed by atoms with van der Waals surface area (Å²) in [7, 11) is 1.61. The summed E-state index contributed by atoms with van der Waals surface area (Å²) >= 11 is 1.28. The van der Waals surface area contributed by atoms with Gasteiger partial charge in [-0.25, -0.2) is 4.68 Å². The van der Waals surface area contributed by atoms with Crippen molar-refractivity contribution in [2.24, 2.45) is 0 Å². The summed E-state index contributed by atoms with van der Waals surface area (Å²) in [5.41, 5.74) is 2.07. The third-order valence-corrected chi connectivity index (χ3v) is 5.59. The van der Waals surface area contributed by atoms with Crippen molar-refractivity contribution in [1.29, 1.82) is 0 Å². The minimum absolute atomic E-state index is 0.0189. The lowest BCUT2D eigenvalue weighted by Gasteiger charge is -2.12. The van der Waals surface area contributed by atoms with Gasteiger partial charge in [0.15, 0.2) is 11.6 Å². The van der Waals surface area contributed by atoms with Crippen molar-refractivity contribution in [1.82, 2.24) is 19.5 Å². The van der Waals surface area contributed by atoms with E-state index in [1.54, 1.807) is 31.4 Å². The highest BCUT2D eigenvalue weighted by Crippen LogP contribution is 2.27. The summed E-state index contributed by atoms with van der Waals surface area (Å²) in [6.45, 7) is 1.50. The Morgan fingerprint density at radius 3 is 2.47 bits per heavy atom. The van der Waals surface area contributed by atoms with Crippen LogP contribution in [0.4, 0.5) is 5.69 Å². The minimum atomic E-state index is -0.185. The van der Waals surface area contributed by atoms with Gasteiger partial charge in [0.25, 0.3) is 0 Å². The van der Waals surface area contributed by atoms with Crippen LogP contribution in [0.5, 0.6) is 5.75 Å². The Hall–Kier alpha value is -3.85. The number of ether oxygens (including phenoxy) is 1. The Morgan fingerprint density at radius 2 is 1.78 bits per heavy atom. The van der Waals surface area contributed by atoms with Crippen molar-refractivity contribution in [3.8, 4) is 17.1 Å². The predicted octanol–water partition coefficient (Wildman–Crippen LogP) is 4.00. The van der Waals surface area contributed by atoms with Gasteiger partial charge < -0.3 is 10.1 Å². The van der Waals surface area contributed by atoms with Gasteiger partial charge in [-0.15, -0.1) is 10.2 Å². The maximum Gasteiger partial charge on any atom is 0.234 e. The maximum absolute atomic E-state index is 12.5. The van der Waals surface area contributed by atoms with Crippen molar-refractivity contribution in [2.75, 3.05) is 18.2 Å². The van der Waals surface area contributed by atoms with E-state index in [2.05, 4.69) is 15.5 Å². The van der Waals surface area contributed by atoms with E-state index in [4.69, 9.17) is 4.74 Å². The first-order valence-electron chi connectivity index (χ1n) is 9.82. The predicted molar refractivity (Wildman–Crippen MR) is 123 cm³/mol. The molecule has 1 N–H and O–H groups in total. The van der Waals surface area contributed by atoms with Crippen molar-refractivity contribution >= 4 is 29.1 Å². The van der Waals surface area contributed by atoms with Crippen LogP contribution in [0.1, 0.15) is 17.3 Å². The Balaban J connectivity index is 1.53. The van der Waals surface area contributed by atoms with Crippen LogP contribution < -0.4 is 10.1 Å². The fraction of sp³-hybridized carbons (Fsp3) is 0.130. The van der Waals surface area contributed by atoms with Gasteiger partial charge in [-0.05, 0) is 55.5 Å². The van der Waals surface area contributed by atoms with E-state index in [-0.39, 0.29) is 17.4 Å². The molecule has 0 radical (unpaired) electrons. The van der Waals surface area contributed by atoms with Gasteiger partial charge >= 0.3 is 0 Å². The number of benzene rings is 2. The molecule has 0 atom stereocenters. The standard InChI is InChI=1S/C23H21N5O3S/c1-16(29)17-8-10-19(11-9-17)24-21(30)15-32-23-26-25-22(28(23)27-12-3-4-13-27)18-6-5-7-20(14-18)31-2/h3-14H,15H2,1-2H3,(H,24,30). The quantitative estimate of drug-likeness (QED) is 0.324. The number of hydrogen-bond donors (Lipinski definition) is 1. The smallest absolute Gasteiger partial charge is 0.234 e. The van der Waals surface area contributed by atoms with Crippen LogP contribution in [-0.4, -0.2) is 44.1 Å². The second-order valence-electron chi connectivity index (χ2n) is 6.88. The summed E-state index contributed by atoms with van der Waals surface area (Å²) in [6.07, 6.45) is 3.77. The second kappa shape index (κ2) is 9.52. The lowest BCUT2D eigenvalue weighted by Crippen LogP contribution is -2.16. The minimum Gasteiger partial charge on any atom is -0.497 e. The molecule has 2 aromatic carbocycles. The molecule has 0 unspecified atom stereocenters. The van der Waals surface area contributed by atoms with Crippen LogP contribution in [-0.2, 0) is 4.79 Å². The summed E-state index contributed by atoms with van der Waals surface area (Å²) in [4.78, 5) is 23.9. The molecule has 0 bridgehead atoms. The van der Waals surface area contributed by atoms with Gasteiger partial charge in [0.05, 0.1) is 12.9 Å². The Kier molecular flexibility index (Phi) is 6.37. The van der Waals surface area contributed by atoms with Crippen molar-refractivity contribution in [3.05, 3.63) is 78.6 Å². The number of carbonyl (C=O) groups excluding carboxylic acids is 2. The van der Waals surface area contributed by atoms with Crippen LogP contribution in [0.15, 0.2) is 78.2 Å². The molecule has 0 saturated heterocycles. The van der Waals surface area contributed by atoms with Crippen molar-refractivity contribution in [2.45, 2.75) is 12.1 Å². The number of methoxy groups -OCH3 is 1. The summed E-state index contributed by atoms with van der Waals surface area (Å²) in [6, 6.07) is 18.2. The van der Waals surface area contributed by atoms with E-state index in [9.17, 15) is 9.59 Å². The van der Waals surface area contributed by atoms with Gasteiger partial charge in [-0.3, -0.25) is 14.3 Å². The van der Waals surface area contributed by atoms with Crippen LogP contribution in [0.2, 0.25) is 0 Å². The van der Waals surface area contributed by atoms with E-state index in [0.29, 0.717) is 28.0 Å². The third kappa shape index (κ3) is 4.73. The van der Waals surface area contributed by atoms with Gasteiger partial charge in [0, 0.05) is 29.2 Å². The molecule has 0 aliphatic rings. The first-order valence-corrected chi connectivity index (χ1v) is 10.8. The molecule has 2 aromatic heterocycles. The van der Waals surface area contributed by atoms with Crippen LogP contribution >= 0.6 is 11.8 Å². The third-order valence-electron chi connectivity index (χ3n) is 4.67. The molecule has 0 aliphatic carbocycles. The van der Waals surface area contributed by atoms with E-state index in [1.807, 2.05) is 58.1 Å². The molecule has 9 heteroatoms. The number of amides is 1. The van der Waals surface area contributed by atoms with Gasteiger partial charge in [0.2, 0.25) is 11.1 Å². The van der Waals surface area contributed by atoms with Gasteiger partial charge in [-0.2, -0.15) is 0 Å². The first kappa shape index (κ1) is 21.4. The molecule has 0 aliphatic heterocycles. The molecule has 1 amide bonds. The highest BCUT2D eigenvalue weighted by atomic mass is 32.2. The summed E-state index contributed by atoms with van der Waals surface area (Å²) in [5.74, 6) is 1.29. The lowest BCUT2D eigenvalue weighted by molar-refractivity contribution is -0.113. The molecule has 162 valence electrons. The van der Waals surface area contributed by atoms with E-state index in [0.717, 1.165) is 5.56 Å². The maximum atomic E-state index is 12.5. The fourth-order valence-corrected chi connectivity index (χ4v) is 3.81. The number of rotatable bonds is 8. The van der Waals surface area contributed by atoms with Crippen LogP contribution in [0, 0.1) is 0 Å². The highest BCUT2D eigenvalue weighted by Gasteiger charge is 2.17. The fourth-order valence-electron chi connectivity index (χ4n) is 3.08. The first-order chi connectivity index (χ1) is 15.5. The number of carbonyl (C=O) groups is 2. The molecule has 32 heavy (non-hydrogen) atoms. The lowest BCUT2D eigenvalue weighted by atomic mass is 10.1. The largest absolute Gasteiger partial charge is 0.497 e. The topological polar surface area (TPSA) is 91.0 Å². The Morgan fingerprint density at radius 1 is 1.03 bits per heavy atom.